The van der Waals surface area contributed by atoms with Crippen LogP contribution < -0.4 is 0 Å². The summed E-state index contributed by atoms with van der Waals surface area (Å²) in [7, 11) is 1.77. The normalized spacial score (nSPS) is 10.9. The Morgan fingerprint density at radius 1 is 1.28 bits per heavy atom. The minimum atomic E-state index is -0.0885. The quantitative estimate of drug-likeness (QED) is 0.599. The van der Waals surface area contributed by atoms with Gasteiger partial charge in [-0.05, 0) is 23.8 Å². The van der Waals surface area contributed by atoms with Gasteiger partial charge in [0.2, 0.25) is 0 Å². The van der Waals surface area contributed by atoms with E-state index in [0.717, 1.165) is 27.9 Å². The number of hydrogen-bond acceptors (Lipinski definition) is 4. The van der Waals surface area contributed by atoms with E-state index >= 15 is 0 Å². The molecule has 0 unspecified atom stereocenters. The molecule has 0 saturated heterocycles. The summed E-state index contributed by atoms with van der Waals surface area (Å²) >= 11 is 0. The van der Waals surface area contributed by atoms with Crippen molar-refractivity contribution in [2.24, 2.45) is 0 Å². The highest BCUT2D eigenvalue weighted by Gasteiger charge is 2.16. The summed E-state index contributed by atoms with van der Waals surface area (Å²) in [5.41, 5.74) is 3.91. The van der Waals surface area contributed by atoms with Gasteiger partial charge >= 0.3 is 0 Å². The second kappa shape index (κ2) is 6.20. The van der Waals surface area contributed by atoms with Crippen LogP contribution in [-0.4, -0.2) is 42.8 Å². The number of carbonyl (C=O) groups is 1. The highest BCUT2D eigenvalue weighted by molar-refractivity contribution is 5.96. The van der Waals surface area contributed by atoms with E-state index in [1.54, 1.807) is 30.5 Å². The molecule has 4 aromatic rings. The van der Waals surface area contributed by atoms with Crippen LogP contribution in [0.2, 0.25) is 0 Å². The van der Waals surface area contributed by atoms with Gasteiger partial charge in [0.05, 0.1) is 5.69 Å². The fourth-order valence-corrected chi connectivity index (χ4v) is 2.80. The van der Waals surface area contributed by atoms with Crippen molar-refractivity contribution < 1.29 is 7.65 Å². The zero-order valence-corrected chi connectivity index (χ0v) is 13.6. The van der Waals surface area contributed by atoms with Gasteiger partial charge in [-0.2, -0.15) is 0 Å². The number of aromatic amines is 2. The van der Waals surface area contributed by atoms with Crippen molar-refractivity contribution >= 4 is 16.9 Å². The highest BCUT2D eigenvalue weighted by Crippen LogP contribution is 2.25. The number of aromatic nitrogens is 5. The van der Waals surface area contributed by atoms with E-state index in [1.807, 2.05) is 30.5 Å². The number of amides is 1. The number of rotatable bonds is 4. The van der Waals surface area contributed by atoms with Crippen LogP contribution in [-0.2, 0) is 6.54 Å². The number of pyridine rings is 1. The average molecular weight is 336 g/mol. The van der Waals surface area contributed by atoms with Crippen molar-refractivity contribution in [1.29, 1.82) is 0 Å². The molecule has 7 nitrogen and oxygen atoms in total. The summed E-state index contributed by atoms with van der Waals surface area (Å²) in [4.78, 5) is 33.0. The van der Waals surface area contributed by atoms with Crippen LogP contribution in [0.4, 0.5) is 0 Å². The molecule has 0 aromatic carbocycles. The molecule has 0 aliphatic heterocycles. The Kier molecular flexibility index (Phi) is 3.74. The monoisotopic (exact) mass is 336 g/mol. The molecule has 4 heterocycles. The van der Waals surface area contributed by atoms with Gasteiger partial charge in [-0.3, -0.25) is 9.78 Å². The number of H-pyrrole nitrogens is 2. The Bertz CT molecular complexity index is 1030. The Hall–Kier alpha value is -3.48. The van der Waals surface area contributed by atoms with Crippen LogP contribution in [0.15, 0.2) is 55.4 Å². The molecule has 4 rings (SSSR count). The van der Waals surface area contributed by atoms with Crippen molar-refractivity contribution in [3.63, 3.8) is 0 Å². The van der Waals surface area contributed by atoms with Crippen molar-refractivity contribution in [1.82, 2.24) is 29.8 Å². The first-order valence-corrected chi connectivity index (χ1v) is 7.83. The molecule has 0 atom stereocenters. The molecule has 0 aliphatic rings. The number of nitrogens with zero attached hydrogens (tertiary/aromatic N) is 4. The van der Waals surface area contributed by atoms with Crippen LogP contribution in [0.25, 0.3) is 22.3 Å². The van der Waals surface area contributed by atoms with E-state index in [1.165, 1.54) is 6.33 Å². The number of fused-ring (bicyclic) bond motifs is 1. The lowest BCUT2D eigenvalue weighted by molar-refractivity contribution is 0.0780. The molecule has 1 amide bonds. The molecule has 0 bridgehead atoms. The first-order chi connectivity index (χ1) is 12.2. The Morgan fingerprint density at radius 2 is 2.20 bits per heavy atom. The topological polar surface area (TPSA) is 90.6 Å². The van der Waals surface area contributed by atoms with Crippen LogP contribution in [0, 0.1) is 0 Å². The third-order valence-electron chi connectivity index (χ3n) is 4.03. The Morgan fingerprint density at radius 3 is 3.04 bits per heavy atom. The molecule has 0 fully saturated rings. The minimum Gasteiger partial charge on any atom is -0.357 e. The molecule has 4 aromatic heterocycles. The summed E-state index contributed by atoms with van der Waals surface area (Å²) < 4.78 is 0. The maximum atomic E-state index is 12.6. The second-order valence-electron chi connectivity index (χ2n) is 5.79. The van der Waals surface area contributed by atoms with Crippen molar-refractivity contribution in [3.05, 3.63) is 66.6 Å². The standard InChI is InChI=1S/C18H16N6O.2H2/c1-24(10-12-3-2-5-19-8-12)18(25)15-7-13(9-21-15)16-14-4-6-20-17(14)23-11-22-16;;/h2-9,11,21H,10H2,1H3,(H,20,22,23);2*1H. The van der Waals surface area contributed by atoms with Crippen LogP contribution in [0.1, 0.15) is 18.9 Å². The van der Waals surface area contributed by atoms with Crippen molar-refractivity contribution in [2.45, 2.75) is 6.54 Å². The van der Waals surface area contributed by atoms with Gasteiger partial charge in [-0.15, -0.1) is 0 Å². The number of nitrogens with one attached hydrogen (secondary N) is 2. The molecule has 0 radical (unpaired) electrons. The maximum absolute atomic E-state index is 12.6. The molecule has 0 saturated carbocycles. The third kappa shape index (κ3) is 2.87. The minimum absolute atomic E-state index is 0. The predicted octanol–water partition coefficient (Wildman–Crippen LogP) is 3.11. The fraction of sp³-hybridized carbons (Fsp3) is 0.111. The molecule has 0 aliphatic carbocycles. The van der Waals surface area contributed by atoms with E-state index in [9.17, 15) is 4.79 Å². The Balaban J connectivity index is 0.00000131. The number of hydrogen-bond donors (Lipinski definition) is 2. The van der Waals surface area contributed by atoms with Gasteiger partial charge < -0.3 is 14.9 Å². The van der Waals surface area contributed by atoms with Gasteiger partial charge in [0.25, 0.3) is 5.91 Å². The molecular weight excluding hydrogens is 316 g/mol. The maximum Gasteiger partial charge on any atom is 0.270 e. The van der Waals surface area contributed by atoms with E-state index in [4.69, 9.17) is 0 Å². The van der Waals surface area contributed by atoms with E-state index in [2.05, 4.69) is 24.9 Å². The Labute approximate surface area is 146 Å². The summed E-state index contributed by atoms with van der Waals surface area (Å²) in [6.07, 6.45) is 8.60. The van der Waals surface area contributed by atoms with Gasteiger partial charge in [0, 0.05) is 52.2 Å². The largest absolute Gasteiger partial charge is 0.357 e. The molecule has 7 heteroatoms. The van der Waals surface area contributed by atoms with Gasteiger partial charge in [0.1, 0.15) is 17.7 Å². The van der Waals surface area contributed by atoms with E-state index in [0.29, 0.717) is 12.2 Å². The van der Waals surface area contributed by atoms with Crippen LogP contribution in [0.3, 0.4) is 0 Å². The van der Waals surface area contributed by atoms with Gasteiger partial charge in [-0.25, -0.2) is 9.97 Å². The molecule has 128 valence electrons. The van der Waals surface area contributed by atoms with Gasteiger partial charge in [0.15, 0.2) is 0 Å². The van der Waals surface area contributed by atoms with E-state index < -0.39 is 0 Å². The molecule has 25 heavy (non-hydrogen) atoms. The molecule has 0 spiro atoms. The zero-order chi connectivity index (χ0) is 17.2. The van der Waals surface area contributed by atoms with E-state index in [-0.39, 0.29) is 8.76 Å². The van der Waals surface area contributed by atoms with Crippen molar-refractivity contribution in [3.8, 4) is 11.3 Å². The summed E-state index contributed by atoms with van der Waals surface area (Å²) in [6, 6.07) is 7.54. The SMILES string of the molecule is CN(Cc1cccnc1)C(=O)c1cc(-c2ncnc3[nH]ccc23)c[nH]1.[HH].[HH]. The van der Waals surface area contributed by atoms with Crippen molar-refractivity contribution in [2.75, 3.05) is 7.05 Å². The summed E-state index contributed by atoms with van der Waals surface area (Å²) in [6.45, 7) is 0.497. The summed E-state index contributed by atoms with van der Waals surface area (Å²) in [5.74, 6) is -0.0885. The number of carbonyl (C=O) groups excluding carboxylic acids is 1. The van der Waals surface area contributed by atoms with Crippen LogP contribution in [0.5, 0.6) is 0 Å². The highest BCUT2D eigenvalue weighted by atomic mass is 16.2. The average Bonchev–Trinajstić information content (AvgIpc) is 3.31. The first-order valence-electron chi connectivity index (χ1n) is 7.83. The lowest BCUT2D eigenvalue weighted by Crippen LogP contribution is -2.26. The van der Waals surface area contributed by atoms with Gasteiger partial charge in [-0.1, -0.05) is 6.07 Å². The lowest BCUT2D eigenvalue weighted by Gasteiger charge is -2.16. The fourth-order valence-electron chi connectivity index (χ4n) is 2.80. The first kappa shape index (κ1) is 15.1. The second-order valence-corrected chi connectivity index (χ2v) is 5.79. The molecular formula is C18H20N6O. The lowest BCUT2D eigenvalue weighted by atomic mass is 10.1. The van der Waals surface area contributed by atoms with Crippen LogP contribution >= 0.6 is 0 Å². The smallest absolute Gasteiger partial charge is 0.270 e. The molecule has 2 N–H and O–H groups in total. The summed E-state index contributed by atoms with van der Waals surface area (Å²) in [5, 5.41) is 0.921. The predicted molar refractivity (Wildman–Crippen MR) is 97.9 cm³/mol. The zero-order valence-electron chi connectivity index (χ0n) is 13.6. The third-order valence-corrected chi connectivity index (χ3v) is 4.03.